The molecule has 1 aromatic heterocycles. The Morgan fingerprint density at radius 3 is 2.67 bits per heavy atom. The number of benzene rings is 1. The standard InChI is InChI=1S/C15H16BrNO3S/c1-4-19-13-6-11(7-18)5-12(16)15(13)20-8-14-17-9(2)10(3)21-14/h5-7H,4,8H2,1-3H3. The molecule has 0 saturated carbocycles. The summed E-state index contributed by atoms with van der Waals surface area (Å²) in [6.07, 6.45) is 0.782. The van der Waals surface area contributed by atoms with Gasteiger partial charge in [0.2, 0.25) is 0 Å². The molecule has 6 heteroatoms. The SMILES string of the molecule is CCOc1cc(C=O)cc(Br)c1OCc1nc(C)c(C)s1. The van der Waals surface area contributed by atoms with E-state index < -0.39 is 0 Å². The maximum atomic E-state index is 10.9. The Balaban J connectivity index is 2.23. The predicted octanol–water partition coefficient (Wildman–Crippen LogP) is 4.31. The van der Waals surface area contributed by atoms with Crippen molar-refractivity contribution in [3.63, 3.8) is 0 Å². The Kier molecular flexibility index (Phi) is 5.36. The minimum atomic E-state index is 0.373. The lowest BCUT2D eigenvalue weighted by atomic mass is 10.2. The zero-order valence-corrected chi connectivity index (χ0v) is 14.5. The highest BCUT2D eigenvalue weighted by Gasteiger charge is 2.13. The second-order valence-electron chi connectivity index (χ2n) is 4.42. The van der Waals surface area contributed by atoms with Gasteiger partial charge in [-0.1, -0.05) is 0 Å². The van der Waals surface area contributed by atoms with Gasteiger partial charge >= 0.3 is 0 Å². The Morgan fingerprint density at radius 2 is 2.10 bits per heavy atom. The number of halogens is 1. The molecule has 0 radical (unpaired) electrons. The van der Waals surface area contributed by atoms with Gasteiger partial charge in [0.25, 0.3) is 0 Å². The van der Waals surface area contributed by atoms with Gasteiger partial charge in [-0.05, 0) is 48.8 Å². The normalized spacial score (nSPS) is 10.5. The van der Waals surface area contributed by atoms with Crippen molar-refractivity contribution in [1.82, 2.24) is 4.98 Å². The molecule has 2 rings (SSSR count). The van der Waals surface area contributed by atoms with E-state index in [4.69, 9.17) is 9.47 Å². The average molecular weight is 370 g/mol. The van der Waals surface area contributed by atoms with E-state index in [-0.39, 0.29) is 0 Å². The lowest BCUT2D eigenvalue weighted by Crippen LogP contribution is -2.01. The first kappa shape index (κ1) is 16.0. The monoisotopic (exact) mass is 369 g/mol. The first-order chi connectivity index (χ1) is 10.0. The third-order valence-electron chi connectivity index (χ3n) is 2.88. The Labute approximate surface area is 136 Å². The van der Waals surface area contributed by atoms with E-state index in [1.807, 2.05) is 20.8 Å². The summed E-state index contributed by atoms with van der Waals surface area (Å²) in [5, 5.41) is 0.916. The number of thiazole rings is 1. The fraction of sp³-hybridized carbons (Fsp3) is 0.333. The van der Waals surface area contributed by atoms with Crippen molar-refractivity contribution < 1.29 is 14.3 Å². The number of rotatable bonds is 6. The first-order valence-corrected chi connectivity index (χ1v) is 8.13. The number of aryl methyl sites for hydroxylation is 2. The van der Waals surface area contributed by atoms with Crippen LogP contribution < -0.4 is 9.47 Å². The van der Waals surface area contributed by atoms with Gasteiger partial charge in [0.1, 0.15) is 17.9 Å². The molecule has 0 aliphatic heterocycles. The zero-order valence-electron chi connectivity index (χ0n) is 12.1. The third kappa shape index (κ3) is 3.83. The molecule has 1 aromatic carbocycles. The van der Waals surface area contributed by atoms with Gasteiger partial charge in [0.05, 0.1) is 16.8 Å². The van der Waals surface area contributed by atoms with E-state index in [0.717, 1.165) is 17.0 Å². The van der Waals surface area contributed by atoms with Crippen LogP contribution in [0.25, 0.3) is 0 Å². The largest absolute Gasteiger partial charge is 0.490 e. The topological polar surface area (TPSA) is 48.4 Å². The molecule has 0 N–H and O–H groups in total. The highest BCUT2D eigenvalue weighted by Crippen LogP contribution is 2.37. The smallest absolute Gasteiger partial charge is 0.176 e. The molecule has 4 nitrogen and oxygen atoms in total. The summed E-state index contributed by atoms with van der Waals surface area (Å²) in [7, 11) is 0. The summed E-state index contributed by atoms with van der Waals surface area (Å²) in [6.45, 7) is 6.78. The molecule has 0 bridgehead atoms. The lowest BCUT2D eigenvalue weighted by Gasteiger charge is -2.13. The van der Waals surface area contributed by atoms with E-state index >= 15 is 0 Å². The molecule has 0 saturated heterocycles. The second-order valence-corrected chi connectivity index (χ2v) is 6.56. The van der Waals surface area contributed by atoms with Crippen LogP contribution in [0, 0.1) is 13.8 Å². The molecule has 0 spiro atoms. The number of carbonyl (C=O) groups excluding carboxylic acids is 1. The van der Waals surface area contributed by atoms with Gasteiger partial charge in [-0.3, -0.25) is 4.79 Å². The van der Waals surface area contributed by atoms with Crippen LogP contribution in [0.1, 0.15) is 32.9 Å². The van der Waals surface area contributed by atoms with Crippen molar-refractivity contribution in [2.24, 2.45) is 0 Å². The maximum absolute atomic E-state index is 10.9. The van der Waals surface area contributed by atoms with Crippen LogP contribution in [0.4, 0.5) is 0 Å². The number of aldehydes is 1. The predicted molar refractivity (Wildman–Crippen MR) is 86.6 cm³/mol. The highest BCUT2D eigenvalue weighted by molar-refractivity contribution is 9.10. The van der Waals surface area contributed by atoms with Crippen molar-refractivity contribution in [1.29, 1.82) is 0 Å². The van der Waals surface area contributed by atoms with Crippen molar-refractivity contribution in [3.05, 3.63) is 37.7 Å². The van der Waals surface area contributed by atoms with Crippen LogP contribution in [0.3, 0.4) is 0 Å². The van der Waals surface area contributed by atoms with Crippen LogP contribution in [0.2, 0.25) is 0 Å². The van der Waals surface area contributed by atoms with E-state index in [2.05, 4.69) is 20.9 Å². The van der Waals surface area contributed by atoms with E-state index in [0.29, 0.717) is 34.7 Å². The molecular weight excluding hydrogens is 354 g/mol. The summed E-state index contributed by atoms with van der Waals surface area (Å²) in [6, 6.07) is 3.39. The molecule has 2 aromatic rings. The molecule has 0 aliphatic rings. The Hall–Kier alpha value is -1.40. The zero-order chi connectivity index (χ0) is 15.4. The quantitative estimate of drug-likeness (QED) is 0.711. The van der Waals surface area contributed by atoms with Gasteiger partial charge in [0, 0.05) is 10.4 Å². The molecule has 0 aliphatic carbocycles. The fourth-order valence-electron chi connectivity index (χ4n) is 1.79. The Bertz CT molecular complexity index is 635. The van der Waals surface area contributed by atoms with Crippen molar-refractivity contribution in [3.8, 4) is 11.5 Å². The van der Waals surface area contributed by atoms with Gasteiger partial charge in [-0.2, -0.15) is 0 Å². The molecule has 21 heavy (non-hydrogen) atoms. The van der Waals surface area contributed by atoms with E-state index in [1.54, 1.807) is 23.5 Å². The number of nitrogens with zero attached hydrogens (tertiary/aromatic N) is 1. The fourth-order valence-corrected chi connectivity index (χ4v) is 3.22. The molecule has 0 amide bonds. The van der Waals surface area contributed by atoms with Crippen molar-refractivity contribution >= 4 is 33.6 Å². The third-order valence-corrected chi connectivity index (χ3v) is 4.52. The molecule has 0 atom stereocenters. The van der Waals surface area contributed by atoms with Crippen LogP contribution >= 0.6 is 27.3 Å². The van der Waals surface area contributed by atoms with Crippen molar-refractivity contribution in [2.45, 2.75) is 27.4 Å². The molecular formula is C15H16BrNO3S. The van der Waals surface area contributed by atoms with Crippen LogP contribution in [-0.2, 0) is 6.61 Å². The van der Waals surface area contributed by atoms with Gasteiger partial charge in [-0.15, -0.1) is 11.3 Å². The maximum Gasteiger partial charge on any atom is 0.176 e. The lowest BCUT2D eigenvalue weighted by molar-refractivity contribution is 0.112. The molecule has 0 fully saturated rings. The summed E-state index contributed by atoms with van der Waals surface area (Å²) in [4.78, 5) is 16.6. The number of hydrogen-bond acceptors (Lipinski definition) is 5. The molecule has 1 heterocycles. The minimum absolute atomic E-state index is 0.373. The van der Waals surface area contributed by atoms with Crippen molar-refractivity contribution in [2.75, 3.05) is 6.61 Å². The van der Waals surface area contributed by atoms with Crippen LogP contribution in [-0.4, -0.2) is 17.9 Å². The van der Waals surface area contributed by atoms with Crippen LogP contribution in [0.5, 0.6) is 11.5 Å². The second kappa shape index (κ2) is 7.04. The van der Waals surface area contributed by atoms with Gasteiger partial charge in [-0.25, -0.2) is 4.98 Å². The highest BCUT2D eigenvalue weighted by atomic mass is 79.9. The van der Waals surface area contributed by atoms with Gasteiger partial charge < -0.3 is 9.47 Å². The number of aromatic nitrogens is 1. The summed E-state index contributed by atoms with van der Waals surface area (Å²) < 4.78 is 12.1. The molecule has 0 unspecified atom stereocenters. The summed E-state index contributed by atoms with van der Waals surface area (Å²) >= 11 is 5.04. The van der Waals surface area contributed by atoms with E-state index in [1.165, 1.54) is 4.88 Å². The number of ether oxygens (including phenoxy) is 2. The van der Waals surface area contributed by atoms with Crippen LogP contribution in [0.15, 0.2) is 16.6 Å². The summed E-state index contributed by atoms with van der Waals surface area (Å²) in [5.74, 6) is 1.15. The summed E-state index contributed by atoms with van der Waals surface area (Å²) in [5.41, 5.74) is 1.57. The molecule has 112 valence electrons. The van der Waals surface area contributed by atoms with E-state index in [9.17, 15) is 4.79 Å². The first-order valence-electron chi connectivity index (χ1n) is 6.52. The number of hydrogen-bond donors (Lipinski definition) is 0. The minimum Gasteiger partial charge on any atom is -0.490 e. The Morgan fingerprint density at radius 1 is 1.33 bits per heavy atom. The average Bonchev–Trinajstić information content (AvgIpc) is 2.77. The van der Waals surface area contributed by atoms with Gasteiger partial charge in [0.15, 0.2) is 11.5 Å². The number of carbonyl (C=O) groups is 1.